The Bertz CT molecular complexity index is 997. The van der Waals surface area contributed by atoms with E-state index >= 15 is 0 Å². The summed E-state index contributed by atoms with van der Waals surface area (Å²) in [6.07, 6.45) is 0. The highest BCUT2D eigenvalue weighted by atomic mass is 32.2. The minimum atomic E-state index is -3.55. The topological polar surface area (TPSA) is 34.1 Å². The normalized spacial score (nSPS) is 12.1. The van der Waals surface area contributed by atoms with Crippen molar-refractivity contribution in [3.63, 3.8) is 0 Å². The van der Waals surface area contributed by atoms with E-state index in [1.807, 2.05) is 45.0 Å². The van der Waals surface area contributed by atoms with E-state index in [9.17, 15) is 8.42 Å². The molecule has 2 aliphatic carbocycles. The Morgan fingerprint density at radius 2 is 1.44 bits per heavy atom. The number of aryl methyl sites for hydroxylation is 3. The summed E-state index contributed by atoms with van der Waals surface area (Å²) in [5, 5.41) is 0. The van der Waals surface area contributed by atoms with Crippen LogP contribution in [0.1, 0.15) is 42.0 Å². The lowest BCUT2D eigenvalue weighted by molar-refractivity contribution is 0.596. The van der Waals surface area contributed by atoms with Gasteiger partial charge in [-0.1, -0.05) is 49.7 Å². The molecule has 2 nitrogen and oxygen atoms in total. The highest BCUT2D eigenvalue weighted by Crippen LogP contribution is 2.40. The van der Waals surface area contributed by atoms with Gasteiger partial charge in [0, 0.05) is 5.56 Å². The zero-order valence-electron chi connectivity index (χ0n) is 15.4. The Hall–Kier alpha value is -2.13. The Morgan fingerprint density at radius 3 is 2.04 bits per heavy atom. The van der Waals surface area contributed by atoms with Crippen molar-refractivity contribution in [2.45, 2.75) is 50.3 Å². The van der Waals surface area contributed by atoms with Crippen LogP contribution in [0.4, 0.5) is 0 Å². The second kappa shape index (κ2) is 6.30. The van der Waals surface area contributed by atoms with E-state index in [4.69, 9.17) is 0 Å². The van der Waals surface area contributed by atoms with Gasteiger partial charge < -0.3 is 0 Å². The molecule has 0 fully saturated rings. The first kappa shape index (κ1) is 17.7. The Kier molecular flexibility index (Phi) is 4.46. The highest BCUT2D eigenvalue weighted by Gasteiger charge is 2.27. The van der Waals surface area contributed by atoms with Gasteiger partial charge in [-0.25, -0.2) is 8.42 Å². The maximum absolute atomic E-state index is 13.2. The number of hydrogen-bond donors (Lipinski definition) is 0. The predicted octanol–water partition coefficient (Wildman–Crippen LogP) is 5.67. The molecule has 0 saturated heterocycles. The van der Waals surface area contributed by atoms with Crippen LogP contribution in [0.15, 0.2) is 58.3 Å². The molecule has 3 heteroatoms. The zero-order valence-corrected chi connectivity index (χ0v) is 16.2. The lowest BCUT2D eigenvalue weighted by atomic mass is 10.0. The minimum absolute atomic E-state index is 0.347. The van der Waals surface area contributed by atoms with Gasteiger partial charge in [-0.15, -0.1) is 0 Å². The number of fused-ring (bicyclic) bond motifs is 1. The summed E-state index contributed by atoms with van der Waals surface area (Å²) in [5.41, 5.74) is 6.11. The number of sulfone groups is 1. The maximum Gasteiger partial charge on any atom is 0.207 e. The van der Waals surface area contributed by atoms with Crippen LogP contribution in [0.25, 0.3) is 11.1 Å². The standard InChI is InChI=1S/C22H24O2S/c1-14(2)18-9-8-16(4)22-20(13-18)17(5)12-21(22)25(23,24)19-10-6-15(3)7-11-19/h6-14H,1-5H3. The molecule has 3 rings (SSSR count). The number of benzene rings is 1. The van der Waals surface area contributed by atoms with Gasteiger partial charge in [0.1, 0.15) is 0 Å². The molecule has 0 bridgehead atoms. The van der Waals surface area contributed by atoms with Crippen LogP contribution in [0.5, 0.6) is 0 Å². The summed E-state index contributed by atoms with van der Waals surface area (Å²) < 4.78 is 26.5. The van der Waals surface area contributed by atoms with Gasteiger partial charge in [-0.3, -0.25) is 0 Å². The molecule has 1 aromatic rings. The van der Waals surface area contributed by atoms with Crippen molar-refractivity contribution in [3.8, 4) is 11.1 Å². The summed E-state index contributed by atoms with van der Waals surface area (Å²) in [6.45, 7) is 10.2. The van der Waals surface area contributed by atoms with Crippen LogP contribution in [-0.2, 0) is 9.84 Å². The lowest BCUT2D eigenvalue weighted by Gasteiger charge is -2.08. The van der Waals surface area contributed by atoms with E-state index in [-0.39, 0.29) is 0 Å². The maximum atomic E-state index is 13.2. The molecule has 1 aromatic carbocycles. The average molecular weight is 352 g/mol. The SMILES string of the molecule is Cc1ccc(S(=O)(=O)c2cc(C)c3cc(C(C)C)ccc(C)c2-3)cc1. The van der Waals surface area contributed by atoms with Crippen molar-refractivity contribution in [2.24, 2.45) is 0 Å². The molecule has 2 aliphatic rings. The van der Waals surface area contributed by atoms with Gasteiger partial charge in [0.2, 0.25) is 9.84 Å². The van der Waals surface area contributed by atoms with Gasteiger partial charge >= 0.3 is 0 Å². The van der Waals surface area contributed by atoms with E-state index in [1.165, 1.54) is 5.56 Å². The molecule has 0 radical (unpaired) electrons. The monoisotopic (exact) mass is 352 g/mol. The Labute approximate surface area is 150 Å². The summed E-state index contributed by atoms with van der Waals surface area (Å²) in [7, 11) is -3.55. The van der Waals surface area contributed by atoms with Crippen molar-refractivity contribution in [2.75, 3.05) is 0 Å². The third kappa shape index (κ3) is 3.09. The molecule has 0 atom stereocenters. The largest absolute Gasteiger partial charge is 0.218 e. The van der Waals surface area contributed by atoms with E-state index in [0.717, 1.165) is 27.8 Å². The van der Waals surface area contributed by atoms with Crippen molar-refractivity contribution in [1.29, 1.82) is 0 Å². The first-order chi connectivity index (χ1) is 11.7. The molecular weight excluding hydrogens is 328 g/mol. The van der Waals surface area contributed by atoms with Crippen molar-refractivity contribution in [1.82, 2.24) is 0 Å². The molecule has 0 aromatic heterocycles. The molecule has 130 valence electrons. The predicted molar refractivity (Wildman–Crippen MR) is 103 cm³/mol. The Morgan fingerprint density at radius 1 is 0.800 bits per heavy atom. The van der Waals surface area contributed by atoms with E-state index in [2.05, 4.69) is 26.0 Å². The summed E-state index contributed by atoms with van der Waals surface area (Å²) in [5.74, 6) is 0.390. The van der Waals surface area contributed by atoms with Crippen LogP contribution in [-0.4, -0.2) is 8.42 Å². The quantitative estimate of drug-likeness (QED) is 0.608. The van der Waals surface area contributed by atoms with Crippen LogP contribution < -0.4 is 0 Å². The fourth-order valence-electron chi connectivity index (χ4n) is 3.20. The molecule has 0 heterocycles. The Balaban J connectivity index is 2.28. The van der Waals surface area contributed by atoms with Gasteiger partial charge in [0.05, 0.1) is 9.79 Å². The molecule has 0 aliphatic heterocycles. The minimum Gasteiger partial charge on any atom is -0.218 e. The molecular formula is C22H24O2S. The second-order valence-corrected chi connectivity index (χ2v) is 9.03. The zero-order chi connectivity index (χ0) is 18.4. The first-order valence-corrected chi connectivity index (χ1v) is 10.1. The van der Waals surface area contributed by atoms with Crippen molar-refractivity contribution < 1.29 is 8.42 Å². The molecule has 0 N–H and O–H groups in total. The molecule has 0 saturated carbocycles. The van der Waals surface area contributed by atoms with Crippen LogP contribution in [0.3, 0.4) is 0 Å². The van der Waals surface area contributed by atoms with Gasteiger partial charge in [0.15, 0.2) is 0 Å². The molecule has 0 spiro atoms. The average Bonchev–Trinajstić information content (AvgIpc) is 2.77. The second-order valence-electron chi connectivity index (χ2n) is 7.11. The van der Waals surface area contributed by atoms with Gasteiger partial charge in [-0.05, 0) is 67.1 Å². The fraction of sp³-hybridized carbons (Fsp3) is 0.273. The number of hydrogen-bond acceptors (Lipinski definition) is 2. The van der Waals surface area contributed by atoms with Gasteiger partial charge in [0.25, 0.3) is 0 Å². The van der Waals surface area contributed by atoms with Crippen LogP contribution in [0, 0.1) is 20.8 Å². The summed E-state index contributed by atoms with van der Waals surface area (Å²) in [6, 6.07) is 15.1. The fourth-order valence-corrected chi connectivity index (χ4v) is 4.82. The molecule has 0 amide bonds. The van der Waals surface area contributed by atoms with Crippen molar-refractivity contribution >= 4 is 9.84 Å². The smallest absolute Gasteiger partial charge is 0.207 e. The van der Waals surface area contributed by atoms with Gasteiger partial charge in [-0.2, -0.15) is 0 Å². The number of rotatable bonds is 3. The first-order valence-electron chi connectivity index (χ1n) is 8.57. The van der Waals surface area contributed by atoms with E-state index in [0.29, 0.717) is 15.7 Å². The molecule has 0 unspecified atom stereocenters. The van der Waals surface area contributed by atoms with Crippen LogP contribution in [0.2, 0.25) is 0 Å². The third-order valence-corrected chi connectivity index (χ3v) is 6.60. The lowest BCUT2D eigenvalue weighted by Crippen LogP contribution is -2.02. The van der Waals surface area contributed by atoms with Crippen molar-refractivity contribution in [3.05, 3.63) is 70.8 Å². The summed E-state index contributed by atoms with van der Waals surface area (Å²) in [4.78, 5) is 0.757. The third-order valence-electron chi connectivity index (χ3n) is 4.81. The highest BCUT2D eigenvalue weighted by molar-refractivity contribution is 7.91. The van der Waals surface area contributed by atoms with Crippen LogP contribution >= 0.6 is 0 Å². The van der Waals surface area contributed by atoms with E-state index in [1.54, 1.807) is 12.1 Å². The summed E-state index contributed by atoms with van der Waals surface area (Å²) >= 11 is 0. The van der Waals surface area contributed by atoms with E-state index < -0.39 is 9.84 Å². The molecule has 25 heavy (non-hydrogen) atoms.